The van der Waals surface area contributed by atoms with Gasteiger partial charge in [0.15, 0.2) is 0 Å². The topological polar surface area (TPSA) is 44.7 Å². The van der Waals surface area contributed by atoms with E-state index in [9.17, 15) is 4.79 Å². The average Bonchev–Trinajstić information content (AvgIpc) is 2.62. The molecule has 1 aliphatic heterocycles. The molecule has 124 valence electrons. The summed E-state index contributed by atoms with van der Waals surface area (Å²) in [6.07, 6.45) is 1.81. The molecule has 24 heavy (non-hydrogen) atoms. The smallest absolute Gasteiger partial charge is 0.271 e. The lowest BCUT2D eigenvalue weighted by molar-refractivity contribution is 0.0954. The summed E-state index contributed by atoms with van der Waals surface area (Å²) in [6.45, 7) is 4.91. The van der Waals surface area contributed by atoms with Crippen LogP contribution in [-0.4, -0.2) is 29.6 Å². The summed E-state index contributed by atoms with van der Waals surface area (Å²) in [6, 6.07) is 18.1. The van der Waals surface area contributed by atoms with Crippen molar-refractivity contribution >= 4 is 11.6 Å². The molecule has 1 heterocycles. The quantitative estimate of drug-likeness (QED) is 0.878. The Morgan fingerprint density at radius 1 is 1.08 bits per heavy atom. The normalized spacial score (nSPS) is 15.1. The summed E-state index contributed by atoms with van der Waals surface area (Å²) in [5.74, 6) is -0.141. The highest BCUT2D eigenvalue weighted by molar-refractivity contribution is 5.95. The predicted octanol–water partition coefficient (Wildman–Crippen LogP) is 3.38. The number of carbonyl (C=O) groups is 1. The fourth-order valence-electron chi connectivity index (χ4n) is 2.90. The van der Waals surface area contributed by atoms with Crippen molar-refractivity contribution in [3.05, 3.63) is 71.3 Å². The van der Waals surface area contributed by atoms with Gasteiger partial charge in [-0.3, -0.25) is 9.69 Å². The molecule has 0 bridgehead atoms. The number of likely N-dealkylation sites (tertiary alicyclic amines) is 1. The van der Waals surface area contributed by atoms with Gasteiger partial charge in [0, 0.05) is 43.8 Å². The first kappa shape index (κ1) is 16.4. The van der Waals surface area contributed by atoms with Crippen LogP contribution in [0.3, 0.4) is 0 Å². The van der Waals surface area contributed by atoms with Gasteiger partial charge >= 0.3 is 0 Å². The van der Waals surface area contributed by atoms with Crippen molar-refractivity contribution in [1.82, 2.24) is 10.3 Å². The molecule has 0 aromatic heterocycles. The van der Waals surface area contributed by atoms with E-state index in [1.807, 2.05) is 37.3 Å². The fourth-order valence-corrected chi connectivity index (χ4v) is 2.90. The fraction of sp³-hybridized carbons (Fsp3) is 0.300. The SMILES string of the molecule is Cc1cccc(C(=O)NN=C2CCN(Cc3ccccc3)CC2)c1. The number of hydrogen-bond donors (Lipinski definition) is 1. The highest BCUT2D eigenvalue weighted by Gasteiger charge is 2.15. The third-order valence-corrected chi connectivity index (χ3v) is 4.28. The van der Waals surface area contributed by atoms with Gasteiger partial charge in [-0.15, -0.1) is 0 Å². The van der Waals surface area contributed by atoms with E-state index >= 15 is 0 Å². The number of nitrogens with one attached hydrogen (secondary N) is 1. The third kappa shape index (κ3) is 4.52. The lowest BCUT2D eigenvalue weighted by Crippen LogP contribution is -2.34. The molecule has 3 rings (SSSR count). The zero-order valence-corrected chi connectivity index (χ0v) is 14.0. The lowest BCUT2D eigenvalue weighted by Gasteiger charge is -2.27. The molecule has 0 saturated carbocycles. The van der Waals surface area contributed by atoms with Crippen LogP contribution >= 0.6 is 0 Å². The summed E-state index contributed by atoms with van der Waals surface area (Å²) < 4.78 is 0. The highest BCUT2D eigenvalue weighted by Crippen LogP contribution is 2.12. The van der Waals surface area contributed by atoms with Gasteiger partial charge in [-0.2, -0.15) is 5.10 Å². The van der Waals surface area contributed by atoms with Crippen LogP contribution in [0.4, 0.5) is 0 Å². The minimum absolute atomic E-state index is 0.141. The lowest BCUT2D eigenvalue weighted by atomic mass is 10.1. The van der Waals surface area contributed by atoms with Crippen LogP contribution in [0.25, 0.3) is 0 Å². The molecule has 0 unspecified atom stereocenters. The van der Waals surface area contributed by atoms with Crippen molar-refractivity contribution in [2.75, 3.05) is 13.1 Å². The molecule has 0 aliphatic carbocycles. The second-order valence-electron chi connectivity index (χ2n) is 6.25. The van der Waals surface area contributed by atoms with Gasteiger partial charge in [0.25, 0.3) is 5.91 Å². The molecule has 1 fully saturated rings. The maximum atomic E-state index is 12.1. The average molecular weight is 321 g/mol. The number of amides is 1. The summed E-state index contributed by atoms with van der Waals surface area (Å²) in [5, 5.41) is 4.32. The Bertz CT molecular complexity index is 715. The van der Waals surface area contributed by atoms with E-state index in [4.69, 9.17) is 0 Å². The zero-order chi connectivity index (χ0) is 16.8. The monoisotopic (exact) mass is 321 g/mol. The zero-order valence-electron chi connectivity index (χ0n) is 14.0. The van der Waals surface area contributed by atoms with Gasteiger partial charge in [0.1, 0.15) is 0 Å². The van der Waals surface area contributed by atoms with E-state index in [1.54, 1.807) is 0 Å². The number of carbonyl (C=O) groups excluding carboxylic acids is 1. The Morgan fingerprint density at radius 2 is 1.83 bits per heavy atom. The number of hydrogen-bond acceptors (Lipinski definition) is 3. The van der Waals surface area contributed by atoms with Crippen molar-refractivity contribution in [2.45, 2.75) is 26.3 Å². The minimum Gasteiger partial charge on any atom is -0.298 e. The maximum Gasteiger partial charge on any atom is 0.271 e. The van der Waals surface area contributed by atoms with Crippen LogP contribution < -0.4 is 5.43 Å². The van der Waals surface area contributed by atoms with Gasteiger partial charge in [0.2, 0.25) is 0 Å². The van der Waals surface area contributed by atoms with E-state index < -0.39 is 0 Å². The Kier molecular flexibility index (Phi) is 5.39. The van der Waals surface area contributed by atoms with E-state index in [0.29, 0.717) is 5.56 Å². The van der Waals surface area contributed by atoms with Crippen LogP contribution in [0.2, 0.25) is 0 Å². The Balaban J connectivity index is 1.49. The largest absolute Gasteiger partial charge is 0.298 e. The second-order valence-corrected chi connectivity index (χ2v) is 6.25. The first-order valence-corrected chi connectivity index (χ1v) is 8.39. The van der Waals surface area contributed by atoms with Crippen LogP contribution in [0.1, 0.15) is 34.3 Å². The van der Waals surface area contributed by atoms with E-state index in [-0.39, 0.29) is 5.91 Å². The number of hydrazone groups is 1. The Labute approximate surface area is 143 Å². The number of rotatable bonds is 4. The summed E-state index contributed by atoms with van der Waals surface area (Å²) in [7, 11) is 0. The van der Waals surface area contributed by atoms with E-state index in [2.05, 4.69) is 39.7 Å². The molecule has 4 nitrogen and oxygen atoms in total. The number of aryl methyl sites for hydroxylation is 1. The molecule has 0 radical (unpaired) electrons. The van der Waals surface area contributed by atoms with Crippen molar-refractivity contribution in [3.63, 3.8) is 0 Å². The Morgan fingerprint density at radius 3 is 2.54 bits per heavy atom. The predicted molar refractivity (Wildman–Crippen MR) is 97.0 cm³/mol. The number of piperidine rings is 1. The van der Waals surface area contributed by atoms with Crippen LogP contribution in [0.5, 0.6) is 0 Å². The van der Waals surface area contributed by atoms with Crippen LogP contribution in [0, 0.1) is 6.92 Å². The van der Waals surface area contributed by atoms with Crippen molar-refractivity contribution < 1.29 is 4.79 Å². The third-order valence-electron chi connectivity index (χ3n) is 4.28. The highest BCUT2D eigenvalue weighted by atomic mass is 16.2. The van der Waals surface area contributed by atoms with Gasteiger partial charge in [-0.1, -0.05) is 48.0 Å². The summed E-state index contributed by atoms with van der Waals surface area (Å²) in [4.78, 5) is 14.5. The molecule has 4 heteroatoms. The van der Waals surface area contributed by atoms with Gasteiger partial charge in [-0.25, -0.2) is 5.43 Å². The number of benzene rings is 2. The van der Waals surface area contributed by atoms with Crippen LogP contribution in [-0.2, 0) is 6.54 Å². The maximum absolute atomic E-state index is 12.1. The second kappa shape index (κ2) is 7.88. The minimum atomic E-state index is -0.141. The van der Waals surface area contributed by atoms with E-state index in [1.165, 1.54) is 5.56 Å². The summed E-state index contributed by atoms with van der Waals surface area (Å²) >= 11 is 0. The molecule has 1 N–H and O–H groups in total. The van der Waals surface area contributed by atoms with Crippen LogP contribution in [0.15, 0.2) is 59.7 Å². The van der Waals surface area contributed by atoms with E-state index in [0.717, 1.165) is 43.8 Å². The van der Waals surface area contributed by atoms with Gasteiger partial charge in [0.05, 0.1) is 0 Å². The van der Waals surface area contributed by atoms with Gasteiger partial charge < -0.3 is 0 Å². The molecule has 2 aromatic carbocycles. The first-order chi connectivity index (χ1) is 11.7. The molecule has 1 aliphatic rings. The Hall–Kier alpha value is -2.46. The molecule has 1 saturated heterocycles. The molecular weight excluding hydrogens is 298 g/mol. The van der Waals surface area contributed by atoms with Crippen molar-refractivity contribution in [3.8, 4) is 0 Å². The summed E-state index contributed by atoms with van der Waals surface area (Å²) in [5.41, 5.74) is 6.83. The number of nitrogens with zero attached hydrogens (tertiary/aromatic N) is 2. The molecule has 0 spiro atoms. The molecule has 0 atom stereocenters. The van der Waals surface area contributed by atoms with Gasteiger partial charge in [-0.05, 0) is 24.6 Å². The standard InChI is InChI=1S/C20H23N3O/c1-16-6-5-9-18(14-16)20(24)22-21-19-10-12-23(13-11-19)15-17-7-3-2-4-8-17/h2-9,14H,10-13,15H2,1H3,(H,22,24). The molecule has 2 aromatic rings. The first-order valence-electron chi connectivity index (χ1n) is 8.39. The molecular formula is C20H23N3O. The van der Waals surface area contributed by atoms with Crippen molar-refractivity contribution in [1.29, 1.82) is 0 Å². The molecule has 1 amide bonds. The van der Waals surface area contributed by atoms with Crippen molar-refractivity contribution in [2.24, 2.45) is 5.10 Å².